The second-order valence-corrected chi connectivity index (χ2v) is 4.20. The third kappa shape index (κ3) is 2.23. The largest absolute Gasteiger partial charge is 0.477 e. The highest BCUT2D eigenvalue weighted by atomic mass is 79.9. The zero-order valence-electron chi connectivity index (χ0n) is 7.81. The Morgan fingerprint density at radius 3 is 3.40 bits per heavy atom. The van der Waals surface area contributed by atoms with E-state index in [0.717, 1.165) is 4.47 Å². The first-order valence-electron chi connectivity index (χ1n) is 4.47. The molecule has 0 bridgehead atoms. The molecule has 1 aliphatic rings. The van der Waals surface area contributed by atoms with Crippen molar-refractivity contribution in [2.75, 3.05) is 13.2 Å². The zero-order chi connectivity index (χ0) is 10.8. The Hall–Kier alpha value is -1.24. The monoisotopic (exact) mass is 275 g/mol. The van der Waals surface area contributed by atoms with Gasteiger partial charge in [0.05, 0.1) is 23.8 Å². The summed E-state index contributed by atoms with van der Waals surface area (Å²) in [5, 5.41) is 14.9. The number of ether oxygens (including phenoxy) is 1. The van der Waals surface area contributed by atoms with Gasteiger partial charge in [0.2, 0.25) is 5.88 Å². The average molecular weight is 276 g/mol. The number of nitrogens with one attached hydrogen (secondary N) is 1. The highest BCUT2D eigenvalue weighted by Crippen LogP contribution is 2.28. The Kier molecular flexibility index (Phi) is 2.81. The van der Waals surface area contributed by atoms with Crippen LogP contribution in [-0.2, 0) is 6.54 Å². The van der Waals surface area contributed by atoms with Crippen LogP contribution in [-0.4, -0.2) is 34.1 Å². The van der Waals surface area contributed by atoms with Crippen LogP contribution in [0.4, 0.5) is 4.79 Å². The molecule has 0 radical (unpaired) electrons. The first kappa shape index (κ1) is 10.3. The van der Waals surface area contributed by atoms with Crippen LogP contribution >= 0.6 is 15.9 Å². The molecule has 1 amide bonds. The van der Waals surface area contributed by atoms with Crippen molar-refractivity contribution >= 4 is 22.0 Å². The number of hydrogen-bond acceptors (Lipinski definition) is 3. The van der Waals surface area contributed by atoms with E-state index in [1.54, 1.807) is 10.9 Å². The maximum Gasteiger partial charge on any atom is 0.404 e. The summed E-state index contributed by atoms with van der Waals surface area (Å²) in [6.45, 7) is 1.55. The topological polar surface area (TPSA) is 76.4 Å². The lowest BCUT2D eigenvalue weighted by molar-refractivity contribution is 0.154. The van der Waals surface area contributed by atoms with Crippen molar-refractivity contribution < 1.29 is 14.6 Å². The van der Waals surface area contributed by atoms with Gasteiger partial charge in [0.1, 0.15) is 0 Å². The van der Waals surface area contributed by atoms with Crippen LogP contribution in [0.15, 0.2) is 10.7 Å². The van der Waals surface area contributed by atoms with Crippen molar-refractivity contribution in [2.24, 2.45) is 5.92 Å². The lowest BCUT2D eigenvalue weighted by Crippen LogP contribution is -2.36. The SMILES string of the molecule is O=C(O)NCC1COc2c(Br)cnn2C1. The molecular weight excluding hydrogens is 266 g/mol. The fourth-order valence-corrected chi connectivity index (χ4v) is 1.88. The van der Waals surface area contributed by atoms with Crippen molar-refractivity contribution in [1.82, 2.24) is 15.1 Å². The molecule has 0 spiro atoms. The lowest BCUT2D eigenvalue weighted by atomic mass is 10.1. The van der Waals surface area contributed by atoms with Crippen LogP contribution < -0.4 is 10.1 Å². The predicted molar refractivity (Wildman–Crippen MR) is 54.9 cm³/mol. The molecule has 0 aliphatic carbocycles. The van der Waals surface area contributed by atoms with Crippen molar-refractivity contribution in [2.45, 2.75) is 6.54 Å². The van der Waals surface area contributed by atoms with Gasteiger partial charge in [-0.3, -0.25) is 0 Å². The quantitative estimate of drug-likeness (QED) is 0.842. The minimum atomic E-state index is -1.01. The minimum Gasteiger partial charge on any atom is -0.477 e. The third-order valence-electron chi connectivity index (χ3n) is 2.18. The van der Waals surface area contributed by atoms with Gasteiger partial charge in [-0.1, -0.05) is 0 Å². The van der Waals surface area contributed by atoms with Crippen molar-refractivity contribution in [3.63, 3.8) is 0 Å². The first-order chi connectivity index (χ1) is 7.16. The second-order valence-electron chi connectivity index (χ2n) is 3.34. The third-order valence-corrected chi connectivity index (χ3v) is 2.72. The van der Waals surface area contributed by atoms with Gasteiger partial charge >= 0.3 is 6.09 Å². The standard InChI is InChI=1S/C8H10BrN3O3/c9-6-2-11-12-3-5(1-10-8(13)14)4-15-7(6)12/h2,5,10H,1,3-4H2,(H,13,14). The van der Waals surface area contributed by atoms with Gasteiger partial charge in [-0.05, 0) is 15.9 Å². The number of hydrogen-bond donors (Lipinski definition) is 2. The molecule has 1 unspecified atom stereocenters. The average Bonchev–Trinajstić information content (AvgIpc) is 2.57. The molecule has 0 fully saturated rings. The van der Waals surface area contributed by atoms with Gasteiger partial charge < -0.3 is 15.2 Å². The van der Waals surface area contributed by atoms with Crippen LogP contribution in [0.5, 0.6) is 5.88 Å². The number of aromatic nitrogens is 2. The number of halogens is 1. The molecule has 2 rings (SSSR count). The smallest absolute Gasteiger partial charge is 0.404 e. The van der Waals surface area contributed by atoms with Gasteiger partial charge in [0.25, 0.3) is 0 Å². The van der Waals surface area contributed by atoms with Gasteiger partial charge in [-0.2, -0.15) is 5.10 Å². The first-order valence-corrected chi connectivity index (χ1v) is 5.27. The van der Waals surface area contributed by atoms with E-state index < -0.39 is 6.09 Å². The lowest BCUT2D eigenvalue weighted by Gasteiger charge is -2.23. The Morgan fingerprint density at radius 2 is 2.67 bits per heavy atom. The van der Waals surface area contributed by atoms with Crippen LogP contribution in [0.3, 0.4) is 0 Å². The summed E-state index contributed by atoms with van der Waals surface area (Å²) in [5.41, 5.74) is 0. The molecule has 1 aromatic heterocycles. The molecule has 0 saturated carbocycles. The van der Waals surface area contributed by atoms with Crippen LogP contribution in [0.1, 0.15) is 0 Å². The molecule has 15 heavy (non-hydrogen) atoms. The Morgan fingerprint density at radius 1 is 1.87 bits per heavy atom. The van der Waals surface area contributed by atoms with Crippen LogP contribution in [0.2, 0.25) is 0 Å². The molecule has 1 atom stereocenters. The Labute approximate surface area is 94.3 Å². The summed E-state index contributed by atoms with van der Waals surface area (Å²) in [6, 6.07) is 0. The van der Waals surface area contributed by atoms with Crippen molar-refractivity contribution in [3.05, 3.63) is 10.7 Å². The molecule has 7 heteroatoms. The number of rotatable bonds is 2. The Bertz CT molecular complexity index is 379. The summed E-state index contributed by atoms with van der Waals surface area (Å²) in [6.07, 6.45) is 0.657. The van der Waals surface area contributed by atoms with Gasteiger partial charge in [-0.15, -0.1) is 0 Å². The number of amides is 1. The molecule has 1 aromatic rings. The summed E-state index contributed by atoms with van der Waals surface area (Å²) >= 11 is 3.32. The van der Waals surface area contributed by atoms with E-state index in [2.05, 4.69) is 26.3 Å². The Balaban J connectivity index is 1.97. The zero-order valence-corrected chi connectivity index (χ0v) is 9.40. The van der Waals surface area contributed by atoms with Gasteiger partial charge in [-0.25, -0.2) is 9.48 Å². The summed E-state index contributed by atoms with van der Waals surface area (Å²) in [4.78, 5) is 10.3. The van der Waals surface area contributed by atoms with E-state index in [-0.39, 0.29) is 5.92 Å². The highest BCUT2D eigenvalue weighted by Gasteiger charge is 2.22. The van der Waals surface area contributed by atoms with E-state index in [0.29, 0.717) is 25.6 Å². The maximum absolute atomic E-state index is 10.3. The van der Waals surface area contributed by atoms with Crippen molar-refractivity contribution in [3.8, 4) is 5.88 Å². The molecule has 1 aliphatic heterocycles. The van der Waals surface area contributed by atoms with E-state index in [9.17, 15) is 4.79 Å². The number of nitrogens with zero attached hydrogens (tertiary/aromatic N) is 2. The maximum atomic E-state index is 10.3. The number of fused-ring (bicyclic) bond motifs is 1. The molecule has 0 saturated heterocycles. The highest BCUT2D eigenvalue weighted by molar-refractivity contribution is 9.10. The molecular formula is C8H10BrN3O3. The molecule has 82 valence electrons. The van der Waals surface area contributed by atoms with Crippen LogP contribution in [0, 0.1) is 5.92 Å². The van der Waals surface area contributed by atoms with E-state index in [1.165, 1.54) is 0 Å². The number of carboxylic acid groups (broad SMARTS) is 1. The summed E-state index contributed by atoms with van der Waals surface area (Å²) < 4.78 is 8.01. The van der Waals surface area contributed by atoms with E-state index >= 15 is 0 Å². The van der Waals surface area contributed by atoms with E-state index in [4.69, 9.17) is 9.84 Å². The predicted octanol–water partition coefficient (Wildman–Crippen LogP) is 0.922. The fraction of sp³-hybridized carbons (Fsp3) is 0.500. The molecule has 6 nitrogen and oxygen atoms in total. The van der Waals surface area contributed by atoms with Gasteiger partial charge in [0, 0.05) is 12.5 Å². The minimum absolute atomic E-state index is 0.125. The van der Waals surface area contributed by atoms with Crippen LogP contribution in [0.25, 0.3) is 0 Å². The second kappa shape index (κ2) is 4.09. The molecule has 0 aromatic carbocycles. The molecule has 2 N–H and O–H groups in total. The molecule has 2 heterocycles. The van der Waals surface area contributed by atoms with Crippen molar-refractivity contribution in [1.29, 1.82) is 0 Å². The summed E-state index contributed by atoms with van der Waals surface area (Å²) in [5.74, 6) is 0.835. The summed E-state index contributed by atoms with van der Waals surface area (Å²) in [7, 11) is 0. The van der Waals surface area contributed by atoms with Gasteiger partial charge in [0.15, 0.2) is 0 Å². The van der Waals surface area contributed by atoms with E-state index in [1.807, 2.05) is 0 Å². The number of carbonyl (C=O) groups is 1. The normalized spacial score (nSPS) is 19.1. The fourth-order valence-electron chi connectivity index (χ4n) is 1.47.